The van der Waals surface area contributed by atoms with Crippen LogP contribution in [0.2, 0.25) is 0 Å². The van der Waals surface area contributed by atoms with E-state index in [9.17, 15) is 14.0 Å². The molecule has 1 atom stereocenters. The molecule has 0 aromatic heterocycles. The number of anilines is 1. The van der Waals surface area contributed by atoms with Crippen molar-refractivity contribution >= 4 is 17.5 Å². The molecule has 1 aliphatic heterocycles. The van der Waals surface area contributed by atoms with Gasteiger partial charge in [-0.2, -0.15) is 0 Å². The second kappa shape index (κ2) is 4.25. The Labute approximate surface area is 98.2 Å². The number of nitrogens with two attached hydrogens (primary N) is 1. The number of hydrogen-bond acceptors (Lipinski definition) is 3. The normalized spacial score (nSPS) is 20.2. The lowest BCUT2D eigenvalue weighted by atomic mass is 10.1. The molecule has 1 saturated heterocycles. The molecule has 5 heteroatoms. The first-order chi connectivity index (χ1) is 8.04. The summed E-state index contributed by atoms with van der Waals surface area (Å²) in [5.41, 5.74) is 6.08. The zero-order valence-electron chi connectivity index (χ0n) is 9.44. The topological polar surface area (TPSA) is 63.4 Å². The summed E-state index contributed by atoms with van der Waals surface area (Å²) < 4.78 is 13.3. The molecule has 0 bridgehead atoms. The van der Waals surface area contributed by atoms with Gasteiger partial charge in [0.05, 0.1) is 5.69 Å². The van der Waals surface area contributed by atoms with Crippen LogP contribution in [-0.2, 0) is 16.1 Å². The zero-order chi connectivity index (χ0) is 12.6. The van der Waals surface area contributed by atoms with Crippen molar-refractivity contribution in [3.05, 3.63) is 29.6 Å². The van der Waals surface area contributed by atoms with E-state index in [-0.39, 0.29) is 30.7 Å². The van der Waals surface area contributed by atoms with Gasteiger partial charge in [0.2, 0.25) is 11.8 Å². The van der Waals surface area contributed by atoms with Crippen LogP contribution in [-0.4, -0.2) is 11.8 Å². The van der Waals surface area contributed by atoms with Crippen molar-refractivity contribution in [2.75, 3.05) is 4.90 Å². The third kappa shape index (κ3) is 1.93. The smallest absolute Gasteiger partial charge is 0.237 e. The maximum absolute atomic E-state index is 13.3. The highest BCUT2D eigenvalue weighted by Gasteiger charge is 2.36. The van der Waals surface area contributed by atoms with Crippen molar-refractivity contribution in [1.82, 2.24) is 0 Å². The molecular formula is C12H13FN2O2. The largest absolute Gasteiger partial charge is 0.326 e. The molecule has 0 radical (unpaired) electrons. The lowest BCUT2D eigenvalue weighted by molar-refractivity contribution is -0.122. The Morgan fingerprint density at radius 3 is 2.71 bits per heavy atom. The third-order valence-corrected chi connectivity index (χ3v) is 2.88. The number of carbonyl (C=O) groups excluding carboxylic acids is 2. The molecule has 1 unspecified atom stereocenters. The first-order valence-corrected chi connectivity index (χ1v) is 5.40. The number of hydrogen-bond donors (Lipinski definition) is 1. The van der Waals surface area contributed by atoms with Crippen LogP contribution in [0, 0.1) is 11.7 Å². The second-order valence-corrected chi connectivity index (χ2v) is 4.15. The molecule has 0 saturated carbocycles. The number of halogens is 1. The van der Waals surface area contributed by atoms with Gasteiger partial charge in [-0.25, -0.2) is 4.39 Å². The van der Waals surface area contributed by atoms with Crippen LogP contribution in [0.5, 0.6) is 0 Å². The Morgan fingerprint density at radius 2 is 2.18 bits per heavy atom. The highest BCUT2D eigenvalue weighted by molar-refractivity contribution is 6.20. The summed E-state index contributed by atoms with van der Waals surface area (Å²) in [6.07, 6.45) is 0.203. The van der Waals surface area contributed by atoms with Gasteiger partial charge < -0.3 is 5.73 Å². The van der Waals surface area contributed by atoms with E-state index in [1.54, 1.807) is 6.92 Å². The molecule has 2 N–H and O–H groups in total. The van der Waals surface area contributed by atoms with Crippen molar-refractivity contribution in [2.24, 2.45) is 11.7 Å². The molecule has 4 nitrogen and oxygen atoms in total. The minimum Gasteiger partial charge on any atom is -0.326 e. The van der Waals surface area contributed by atoms with Gasteiger partial charge >= 0.3 is 0 Å². The summed E-state index contributed by atoms with van der Waals surface area (Å²) >= 11 is 0. The summed E-state index contributed by atoms with van der Waals surface area (Å²) in [5, 5.41) is 0. The molecule has 0 spiro atoms. The minimum absolute atomic E-state index is 0.0332. The molecule has 17 heavy (non-hydrogen) atoms. The second-order valence-electron chi connectivity index (χ2n) is 4.15. The fourth-order valence-electron chi connectivity index (χ4n) is 1.91. The first kappa shape index (κ1) is 11.7. The number of benzene rings is 1. The van der Waals surface area contributed by atoms with E-state index in [0.29, 0.717) is 11.3 Å². The third-order valence-electron chi connectivity index (χ3n) is 2.88. The molecule has 2 rings (SSSR count). The van der Waals surface area contributed by atoms with Gasteiger partial charge in [0.1, 0.15) is 5.82 Å². The van der Waals surface area contributed by atoms with Crippen LogP contribution in [0.3, 0.4) is 0 Å². The summed E-state index contributed by atoms with van der Waals surface area (Å²) in [5.74, 6) is -1.24. The van der Waals surface area contributed by atoms with Crippen LogP contribution >= 0.6 is 0 Å². The summed E-state index contributed by atoms with van der Waals surface area (Å²) in [6, 6.07) is 4.09. The van der Waals surface area contributed by atoms with Gasteiger partial charge in [-0.05, 0) is 18.2 Å². The number of imide groups is 1. The lowest BCUT2D eigenvalue weighted by Gasteiger charge is -2.15. The van der Waals surface area contributed by atoms with E-state index in [2.05, 4.69) is 0 Å². The maximum atomic E-state index is 13.3. The van der Waals surface area contributed by atoms with Gasteiger partial charge in [-0.1, -0.05) is 6.92 Å². The van der Waals surface area contributed by atoms with Crippen molar-refractivity contribution < 1.29 is 14.0 Å². The fourth-order valence-corrected chi connectivity index (χ4v) is 1.91. The number of amides is 2. The molecular weight excluding hydrogens is 223 g/mol. The van der Waals surface area contributed by atoms with Crippen molar-refractivity contribution in [2.45, 2.75) is 19.9 Å². The van der Waals surface area contributed by atoms with Crippen LogP contribution < -0.4 is 10.6 Å². The Balaban J connectivity index is 2.41. The summed E-state index contributed by atoms with van der Waals surface area (Å²) in [7, 11) is 0. The minimum atomic E-state index is -0.427. The molecule has 0 aliphatic carbocycles. The van der Waals surface area contributed by atoms with E-state index in [1.807, 2.05) is 0 Å². The van der Waals surface area contributed by atoms with Crippen LogP contribution in [0.4, 0.5) is 10.1 Å². The zero-order valence-corrected chi connectivity index (χ0v) is 9.44. The molecule has 1 aromatic rings. The van der Waals surface area contributed by atoms with E-state index < -0.39 is 5.82 Å². The van der Waals surface area contributed by atoms with Crippen molar-refractivity contribution in [3.63, 3.8) is 0 Å². The highest BCUT2D eigenvalue weighted by Crippen LogP contribution is 2.27. The molecule has 1 aliphatic rings. The molecule has 2 amide bonds. The SMILES string of the molecule is CC1CC(=O)N(c2ccc(F)c(CN)c2)C1=O. The number of rotatable bonds is 2. The fraction of sp³-hybridized carbons (Fsp3) is 0.333. The van der Waals surface area contributed by atoms with E-state index in [1.165, 1.54) is 18.2 Å². The van der Waals surface area contributed by atoms with Crippen LogP contribution in [0.25, 0.3) is 0 Å². The van der Waals surface area contributed by atoms with Crippen molar-refractivity contribution in [3.8, 4) is 0 Å². The highest BCUT2D eigenvalue weighted by atomic mass is 19.1. The predicted molar refractivity (Wildman–Crippen MR) is 60.6 cm³/mol. The maximum Gasteiger partial charge on any atom is 0.237 e. The van der Waals surface area contributed by atoms with Crippen LogP contribution in [0.1, 0.15) is 18.9 Å². The quantitative estimate of drug-likeness (QED) is 0.784. The number of nitrogens with zero attached hydrogens (tertiary/aromatic N) is 1. The van der Waals surface area contributed by atoms with E-state index in [0.717, 1.165) is 4.90 Å². The Kier molecular flexibility index (Phi) is 2.93. The molecule has 90 valence electrons. The van der Waals surface area contributed by atoms with Gasteiger partial charge in [0.25, 0.3) is 0 Å². The number of carbonyl (C=O) groups is 2. The predicted octanol–water partition coefficient (Wildman–Crippen LogP) is 1.18. The van der Waals surface area contributed by atoms with E-state index in [4.69, 9.17) is 5.73 Å². The van der Waals surface area contributed by atoms with Crippen molar-refractivity contribution in [1.29, 1.82) is 0 Å². The Morgan fingerprint density at radius 1 is 1.47 bits per heavy atom. The summed E-state index contributed by atoms with van der Waals surface area (Å²) in [6.45, 7) is 1.74. The average Bonchev–Trinajstić information content (AvgIpc) is 2.55. The van der Waals surface area contributed by atoms with Crippen LogP contribution in [0.15, 0.2) is 18.2 Å². The Bertz CT molecular complexity index is 487. The first-order valence-electron chi connectivity index (χ1n) is 5.40. The van der Waals surface area contributed by atoms with Gasteiger partial charge in [-0.15, -0.1) is 0 Å². The molecule has 1 fully saturated rings. The molecule has 1 heterocycles. The van der Waals surface area contributed by atoms with Gasteiger partial charge in [0, 0.05) is 24.4 Å². The van der Waals surface area contributed by atoms with Gasteiger partial charge in [0.15, 0.2) is 0 Å². The lowest BCUT2D eigenvalue weighted by Crippen LogP contribution is -2.30. The standard InChI is InChI=1S/C12H13FN2O2/c1-7-4-11(16)15(12(7)17)9-2-3-10(13)8(5-9)6-14/h2-3,5,7H,4,6,14H2,1H3. The van der Waals surface area contributed by atoms with Gasteiger partial charge in [-0.3, -0.25) is 14.5 Å². The monoisotopic (exact) mass is 236 g/mol. The Hall–Kier alpha value is -1.75. The summed E-state index contributed by atoms with van der Waals surface area (Å²) in [4.78, 5) is 24.5. The average molecular weight is 236 g/mol. The molecule has 1 aromatic carbocycles. The van der Waals surface area contributed by atoms with E-state index >= 15 is 0 Å².